The predicted molar refractivity (Wildman–Crippen MR) is 90.1 cm³/mol. The van der Waals surface area contributed by atoms with Crippen molar-refractivity contribution in [3.05, 3.63) is 29.3 Å². The molecule has 0 radical (unpaired) electrons. The molecule has 0 aromatic heterocycles. The molecule has 1 unspecified atom stereocenters. The number of aryl methyl sites for hydroxylation is 2. The van der Waals surface area contributed by atoms with Gasteiger partial charge in [0.05, 0.1) is 5.92 Å². The molecule has 0 saturated carbocycles. The highest BCUT2D eigenvalue weighted by atomic mass is 16.2. The molecule has 0 aliphatic heterocycles. The van der Waals surface area contributed by atoms with Crippen LogP contribution >= 0.6 is 0 Å². The lowest BCUT2D eigenvalue weighted by atomic mass is 10.0. The first kappa shape index (κ1) is 18.0. The molecular weight excluding hydrogens is 278 g/mol. The Labute approximate surface area is 133 Å². The maximum Gasteiger partial charge on any atom is 0.321 e. The van der Waals surface area contributed by atoms with Crippen LogP contribution < -0.4 is 10.6 Å². The molecule has 0 heterocycles. The van der Waals surface area contributed by atoms with Gasteiger partial charge in [-0.05, 0) is 24.0 Å². The lowest BCUT2D eigenvalue weighted by Crippen LogP contribution is -2.39. The maximum absolute atomic E-state index is 12.4. The van der Waals surface area contributed by atoms with E-state index in [1.54, 1.807) is 25.9 Å². The molecule has 0 spiro atoms. The predicted octanol–water partition coefficient (Wildman–Crippen LogP) is 2.66. The molecule has 0 aliphatic rings. The number of benzene rings is 1. The van der Waals surface area contributed by atoms with Crippen LogP contribution in [0.5, 0.6) is 0 Å². The normalized spacial score (nSPS) is 11.7. The summed E-state index contributed by atoms with van der Waals surface area (Å²) in [4.78, 5) is 25.5. The van der Waals surface area contributed by atoms with Crippen LogP contribution in [0.1, 0.15) is 31.9 Å². The van der Waals surface area contributed by atoms with E-state index in [0.29, 0.717) is 6.54 Å². The summed E-state index contributed by atoms with van der Waals surface area (Å²) in [5.74, 6) is -0.310. The number of amides is 3. The van der Waals surface area contributed by atoms with Gasteiger partial charge in [-0.25, -0.2) is 4.79 Å². The van der Waals surface area contributed by atoms with Crippen molar-refractivity contribution in [3.8, 4) is 0 Å². The second kappa shape index (κ2) is 8.41. The van der Waals surface area contributed by atoms with Crippen LogP contribution in [0.3, 0.4) is 0 Å². The molecule has 5 heteroatoms. The lowest BCUT2D eigenvalue weighted by Gasteiger charge is -2.23. The molecule has 122 valence electrons. The molecule has 0 bridgehead atoms. The third-order valence-electron chi connectivity index (χ3n) is 3.82. The minimum absolute atomic E-state index is 0.0668. The van der Waals surface area contributed by atoms with E-state index in [0.717, 1.165) is 29.7 Å². The van der Waals surface area contributed by atoms with Gasteiger partial charge >= 0.3 is 6.03 Å². The van der Waals surface area contributed by atoms with Crippen molar-refractivity contribution in [1.82, 2.24) is 10.2 Å². The molecule has 0 saturated heterocycles. The molecule has 2 N–H and O–H groups in total. The Kier molecular flexibility index (Phi) is 6.89. The second-order valence-electron chi connectivity index (χ2n) is 5.48. The topological polar surface area (TPSA) is 61.4 Å². The summed E-state index contributed by atoms with van der Waals surface area (Å²) >= 11 is 0. The van der Waals surface area contributed by atoms with Gasteiger partial charge < -0.3 is 15.5 Å². The summed E-state index contributed by atoms with van der Waals surface area (Å²) in [6.07, 6.45) is 1.73. The molecule has 22 heavy (non-hydrogen) atoms. The Balaban J connectivity index is 2.82. The van der Waals surface area contributed by atoms with Crippen molar-refractivity contribution in [2.24, 2.45) is 5.92 Å². The number of carbonyl (C=O) groups excluding carboxylic acids is 2. The van der Waals surface area contributed by atoms with Crippen LogP contribution in [0.4, 0.5) is 10.5 Å². The van der Waals surface area contributed by atoms with Crippen molar-refractivity contribution in [2.45, 2.75) is 33.6 Å². The van der Waals surface area contributed by atoms with Gasteiger partial charge in [-0.15, -0.1) is 0 Å². The van der Waals surface area contributed by atoms with E-state index in [9.17, 15) is 9.59 Å². The van der Waals surface area contributed by atoms with Crippen molar-refractivity contribution in [2.75, 3.05) is 26.0 Å². The number of nitrogens with zero attached hydrogens (tertiary/aromatic N) is 1. The van der Waals surface area contributed by atoms with E-state index in [1.807, 2.05) is 18.2 Å². The SMILES string of the molecule is CCc1cccc(CC)c1NC(=O)N(C)CC(C)C(=O)NC. The number of nitrogens with one attached hydrogen (secondary N) is 2. The zero-order chi connectivity index (χ0) is 16.7. The van der Waals surface area contributed by atoms with Crippen molar-refractivity contribution in [3.63, 3.8) is 0 Å². The Morgan fingerprint density at radius 2 is 1.73 bits per heavy atom. The number of hydrogen-bond acceptors (Lipinski definition) is 2. The van der Waals surface area contributed by atoms with Crippen LogP contribution in [0, 0.1) is 5.92 Å². The standard InChI is InChI=1S/C17H27N3O2/c1-6-13-9-8-10-14(7-2)15(13)19-17(22)20(5)11-12(3)16(21)18-4/h8-10,12H,6-7,11H2,1-5H3,(H,18,21)(H,19,22). The highest BCUT2D eigenvalue weighted by Crippen LogP contribution is 2.23. The molecule has 1 aromatic carbocycles. The van der Waals surface area contributed by atoms with E-state index >= 15 is 0 Å². The number of hydrogen-bond donors (Lipinski definition) is 2. The van der Waals surface area contributed by atoms with Crippen LogP contribution in [0.2, 0.25) is 0 Å². The Morgan fingerprint density at radius 3 is 2.18 bits per heavy atom. The van der Waals surface area contributed by atoms with E-state index < -0.39 is 0 Å². The third-order valence-corrected chi connectivity index (χ3v) is 3.82. The summed E-state index contributed by atoms with van der Waals surface area (Å²) in [6.45, 7) is 6.32. The van der Waals surface area contributed by atoms with Gasteiger partial charge in [-0.2, -0.15) is 0 Å². The molecule has 1 aromatic rings. The average molecular weight is 305 g/mol. The van der Waals surface area contributed by atoms with Gasteiger partial charge in [-0.1, -0.05) is 39.0 Å². The quantitative estimate of drug-likeness (QED) is 0.849. The first-order chi connectivity index (χ1) is 10.4. The van der Waals surface area contributed by atoms with Crippen molar-refractivity contribution >= 4 is 17.6 Å². The average Bonchev–Trinajstić information content (AvgIpc) is 2.53. The van der Waals surface area contributed by atoms with E-state index in [-0.39, 0.29) is 17.9 Å². The number of carbonyl (C=O) groups is 2. The van der Waals surface area contributed by atoms with Crippen LogP contribution in [0.25, 0.3) is 0 Å². The molecular formula is C17H27N3O2. The van der Waals surface area contributed by atoms with Crippen LogP contribution in [0.15, 0.2) is 18.2 Å². The number of urea groups is 1. The van der Waals surface area contributed by atoms with Crippen molar-refractivity contribution in [1.29, 1.82) is 0 Å². The Bertz CT molecular complexity index is 506. The summed E-state index contributed by atoms with van der Waals surface area (Å²) in [5, 5.41) is 5.60. The summed E-state index contributed by atoms with van der Waals surface area (Å²) in [6, 6.07) is 5.89. The molecule has 1 rings (SSSR count). The second-order valence-corrected chi connectivity index (χ2v) is 5.48. The first-order valence-electron chi connectivity index (χ1n) is 7.78. The zero-order valence-corrected chi connectivity index (χ0v) is 14.2. The smallest absolute Gasteiger partial charge is 0.321 e. The summed E-state index contributed by atoms with van der Waals surface area (Å²) in [7, 11) is 3.30. The van der Waals surface area contributed by atoms with Gasteiger partial charge in [0.25, 0.3) is 0 Å². The minimum Gasteiger partial charge on any atom is -0.359 e. The van der Waals surface area contributed by atoms with Gasteiger partial charge in [0.2, 0.25) is 5.91 Å². The summed E-state index contributed by atoms with van der Waals surface area (Å²) < 4.78 is 0. The van der Waals surface area contributed by atoms with E-state index in [4.69, 9.17) is 0 Å². The fraction of sp³-hybridized carbons (Fsp3) is 0.529. The number of rotatable bonds is 6. The fourth-order valence-electron chi connectivity index (χ4n) is 2.43. The highest BCUT2D eigenvalue weighted by molar-refractivity contribution is 5.91. The molecule has 1 atom stereocenters. The molecule has 0 aliphatic carbocycles. The molecule has 3 amide bonds. The number of para-hydroxylation sites is 1. The zero-order valence-electron chi connectivity index (χ0n) is 14.2. The monoisotopic (exact) mass is 305 g/mol. The molecule has 0 fully saturated rings. The fourth-order valence-corrected chi connectivity index (χ4v) is 2.43. The van der Waals surface area contributed by atoms with Gasteiger partial charge in [0, 0.05) is 26.3 Å². The lowest BCUT2D eigenvalue weighted by molar-refractivity contribution is -0.124. The largest absolute Gasteiger partial charge is 0.359 e. The van der Waals surface area contributed by atoms with Crippen molar-refractivity contribution < 1.29 is 9.59 Å². The van der Waals surface area contributed by atoms with E-state index in [1.165, 1.54) is 0 Å². The van der Waals surface area contributed by atoms with Crippen LogP contribution in [-0.4, -0.2) is 37.5 Å². The summed E-state index contributed by atoms with van der Waals surface area (Å²) in [5.41, 5.74) is 3.15. The van der Waals surface area contributed by atoms with Gasteiger partial charge in [0.15, 0.2) is 0 Å². The van der Waals surface area contributed by atoms with Gasteiger partial charge in [-0.3, -0.25) is 4.79 Å². The third kappa shape index (κ3) is 4.48. The maximum atomic E-state index is 12.4. The number of anilines is 1. The molecule has 5 nitrogen and oxygen atoms in total. The highest BCUT2D eigenvalue weighted by Gasteiger charge is 2.18. The Hall–Kier alpha value is -2.04. The van der Waals surface area contributed by atoms with E-state index in [2.05, 4.69) is 24.5 Å². The minimum atomic E-state index is -0.243. The first-order valence-corrected chi connectivity index (χ1v) is 7.78. The Morgan fingerprint density at radius 1 is 1.18 bits per heavy atom. The van der Waals surface area contributed by atoms with Gasteiger partial charge in [0.1, 0.15) is 0 Å². The van der Waals surface area contributed by atoms with Crippen LogP contribution in [-0.2, 0) is 17.6 Å².